The first-order valence-electron chi connectivity index (χ1n) is 6.32. The van der Waals surface area contributed by atoms with Gasteiger partial charge in [0.2, 0.25) is 0 Å². The van der Waals surface area contributed by atoms with Crippen molar-refractivity contribution < 1.29 is 9.90 Å². The SMILES string of the molecule is CN1CCC(C(C)(C)CNC(=O)C(C)(C)O)C1. The van der Waals surface area contributed by atoms with Crippen LogP contribution in [-0.4, -0.2) is 48.2 Å². The summed E-state index contributed by atoms with van der Waals surface area (Å²) in [6.07, 6.45) is 1.18. The number of hydrogen-bond acceptors (Lipinski definition) is 3. The molecule has 1 unspecified atom stereocenters. The Labute approximate surface area is 104 Å². The van der Waals surface area contributed by atoms with Gasteiger partial charge in [0.05, 0.1) is 0 Å². The monoisotopic (exact) mass is 242 g/mol. The van der Waals surface area contributed by atoms with Crippen molar-refractivity contribution in [1.29, 1.82) is 0 Å². The lowest BCUT2D eigenvalue weighted by Crippen LogP contribution is -2.47. The van der Waals surface area contributed by atoms with E-state index >= 15 is 0 Å². The van der Waals surface area contributed by atoms with Crippen LogP contribution in [0.5, 0.6) is 0 Å². The summed E-state index contributed by atoms with van der Waals surface area (Å²) < 4.78 is 0. The number of carbonyl (C=O) groups excluding carboxylic acids is 1. The second kappa shape index (κ2) is 4.94. The fourth-order valence-electron chi connectivity index (χ4n) is 2.24. The largest absolute Gasteiger partial charge is 0.381 e. The highest BCUT2D eigenvalue weighted by Crippen LogP contribution is 2.33. The van der Waals surface area contributed by atoms with Crippen molar-refractivity contribution in [2.75, 3.05) is 26.7 Å². The zero-order valence-electron chi connectivity index (χ0n) is 11.7. The van der Waals surface area contributed by atoms with Gasteiger partial charge in [-0.2, -0.15) is 0 Å². The van der Waals surface area contributed by atoms with Gasteiger partial charge in [-0.15, -0.1) is 0 Å². The maximum absolute atomic E-state index is 11.6. The van der Waals surface area contributed by atoms with Crippen molar-refractivity contribution in [2.45, 2.75) is 39.7 Å². The molecule has 1 aliphatic rings. The molecule has 0 aromatic carbocycles. The Morgan fingerprint density at radius 3 is 2.41 bits per heavy atom. The third kappa shape index (κ3) is 3.96. The van der Waals surface area contributed by atoms with E-state index < -0.39 is 5.60 Å². The smallest absolute Gasteiger partial charge is 0.251 e. The van der Waals surface area contributed by atoms with E-state index in [2.05, 4.69) is 31.1 Å². The summed E-state index contributed by atoms with van der Waals surface area (Å²) in [5.41, 5.74) is -1.21. The van der Waals surface area contributed by atoms with Crippen LogP contribution >= 0.6 is 0 Å². The van der Waals surface area contributed by atoms with Crippen LogP contribution in [0.15, 0.2) is 0 Å². The van der Waals surface area contributed by atoms with Gasteiger partial charge in [-0.05, 0) is 45.2 Å². The maximum Gasteiger partial charge on any atom is 0.251 e. The van der Waals surface area contributed by atoms with Gasteiger partial charge in [0, 0.05) is 13.1 Å². The fourth-order valence-corrected chi connectivity index (χ4v) is 2.24. The number of hydrogen-bond donors (Lipinski definition) is 2. The van der Waals surface area contributed by atoms with Gasteiger partial charge < -0.3 is 15.3 Å². The Morgan fingerprint density at radius 2 is 2.00 bits per heavy atom. The van der Waals surface area contributed by atoms with Crippen molar-refractivity contribution in [1.82, 2.24) is 10.2 Å². The Morgan fingerprint density at radius 1 is 1.41 bits per heavy atom. The molecular weight excluding hydrogens is 216 g/mol. The van der Waals surface area contributed by atoms with Crippen LogP contribution in [-0.2, 0) is 4.79 Å². The first-order chi connectivity index (χ1) is 7.63. The molecule has 1 aliphatic heterocycles. The number of nitrogens with zero attached hydrogens (tertiary/aromatic N) is 1. The average molecular weight is 242 g/mol. The lowest BCUT2D eigenvalue weighted by atomic mass is 9.78. The number of amides is 1. The van der Waals surface area contributed by atoms with Crippen LogP contribution in [0.4, 0.5) is 0 Å². The molecule has 0 aliphatic carbocycles. The molecule has 1 rings (SSSR count). The van der Waals surface area contributed by atoms with Gasteiger partial charge in [0.1, 0.15) is 5.60 Å². The summed E-state index contributed by atoms with van der Waals surface area (Å²) in [5.74, 6) is 0.312. The van der Waals surface area contributed by atoms with Crippen molar-refractivity contribution in [2.24, 2.45) is 11.3 Å². The summed E-state index contributed by atoms with van der Waals surface area (Å²) in [4.78, 5) is 13.9. The van der Waals surface area contributed by atoms with Gasteiger partial charge in [-0.3, -0.25) is 4.79 Å². The van der Waals surface area contributed by atoms with Crippen LogP contribution in [0.2, 0.25) is 0 Å². The van der Waals surface area contributed by atoms with E-state index in [1.807, 2.05) is 0 Å². The number of nitrogens with one attached hydrogen (secondary N) is 1. The van der Waals surface area contributed by atoms with Crippen LogP contribution in [0.3, 0.4) is 0 Å². The molecule has 17 heavy (non-hydrogen) atoms. The number of likely N-dealkylation sites (tertiary alicyclic amines) is 1. The molecule has 1 saturated heterocycles. The number of rotatable bonds is 4. The quantitative estimate of drug-likeness (QED) is 0.768. The maximum atomic E-state index is 11.6. The zero-order chi connectivity index (χ0) is 13.3. The highest BCUT2D eigenvalue weighted by atomic mass is 16.3. The predicted molar refractivity (Wildman–Crippen MR) is 68.7 cm³/mol. The molecule has 0 bridgehead atoms. The van der Waals surface area contributed by atoms with Crippen molar-refractivity contribution in [3.05, 3.63) is 0 Å². The van der Waals surface area contributed by atoms with E-state index in [1.54, 1.807) is 0 Å². The van der Waals surface area contributed by atoms with Crippen LogP contribution in [0.25, 0.3) is 0 Å². The molecule has 100 valence electrons. The molecule has 2 N–H and O–H groups in total. The fraction of sp³-hybridized carbons (Fsp3) is 0.923. The molecule has 1 fully saturated rings. The molecule has 0 aromatic rings. The molecular formula is C13H26N2O2. The Bertz CT molecular complexity index is 282. The normalized spacial score (nSPS) is 22.8. The molecule has 4 nitrogen and oxygen atoms in total. The molecule has 1 atom stereocenters. The Hall–Kier alpha value is -0.610. The highest BCUT2D eigenvalue weighted by Gasteiger charge is 2.35. The Kier molecular flexibility index (Phi) is 4.20. The summed E-state index contributed by atoms with van der Waals surface area (Å²) in [5, 5.41) is 12.4. The van der Waals surface area contributed by atoms with Crippen molar-refractivity contribution in [3.8, 4) is 0 Å². The van der Waals surface area contributed by atoms with E-state index in [-0.39, 0.29) is 11.3 Å². The topological polar surface area (TPSA) is 52.6 Å². The summed E-state index contributed by atoms with van der Waals surface area (Å²) >= 11 is 0. The first-order valence-corrected chi connectivity index (χ1v) is 6.32. The van der Waals surface area contributed by atoms with Gasteiger partial charge >= 0.3 is 0 Å². The van der Waals surface area contributed by atoms with Crippen LogP contribution in [0.1, 0.15) is 34.1 Å². The van der Waals surface area contributed by atoms with E-state index in [0.717, 1.165) is 13.1 Å². The molecule has 1 amide bonds. The molecule has 0 aromatic heterocycles. The van der Waals surface area contributed by atoms with Gasteiger partial charge in [-0.1, -0.05) is 13.8 Å². The van der Waals surface area contributed by atoms with E-state index in [1.165, 1.54) is 20.3 Å². The lowest BCUT2D eigenvalue weighted by Gasteiger charge is -2.32. The zero-order valence-corrected chi connectivity index (χ0v) is 11.7. The first kappa shape index (κ1) is 14.5. The molecule has 0 radical (unpaired) electrons. The van der Waals surface area contributed by atoms with Crippen LogP contribution < -0.4 is 5.32 Å². The minimum atomic E-state index is -1.29. The van der Waals surface area contributed by atoms with Gasteiger partial charge in [0.25, 0.3) is 5.91 Å². The second-order valence-corrected chi connectivity index (χ2v) is 6.48. The third-order valence-corrected chi connectivity index (χ3v) is 3.76. The van der Waals surface area contributed by atoms with Gasteiger partial charge in [-0.25, -0.2) is 0 Å². The minimum absolute atomic E-state index is 0.0751. The third-order valence-electron chi connectivity index (χ3n) is 3.76. The summed E-state index contributed by atoms with van der Waals surface area (Å²) in [7, 11) is 2.13. The number of carbonyl (C=O) groups is 1. The molecule has 4 heteroatoms. The van der Waals surface area contributed by atoms with E-state index in [4.69, 9.17) is 0 Å². The van der Waals surface area contributed by atoms with Crippen LogP contribution in [0, 0.1) is 11.3 Å². The minimum Gasteiger partial charge on any atom is -0.381 e. The second-order valence-electron chi connectivity index (χ2n) is 6.48. The van der Waals surface area contributed by atoms with E-state index in [0.29, 0.717) is 12.5 Å². The average Bonchev–Trinajstić information content (AvgIpc) is 2.60. The predicted octanol–water partition coefficient (Wildman–Crippen LogP) is 0.851. The molecule has 1 heterocycles. The van der Waals surface area contributed by atoms with E-state index in [9.17, 15) is 9.90 Å². The van der Waals surface area contributed by atoms with Crippen molar-refractivity contribution in [3.63, 3.8) is 0 Å². The molecule has 0 saturated carbocycles. The summed E-state index contributed by atoms with van der Waals surface area (Å²) in [6.45, 7) is 10.2. The summed E-state index contributed by atoms with van der Waals surface area (Å²) in [6, 6.07) is 0. The standard InChI is InChI=1S/C13H26N2O2/c1-12(2,10-6-7-15(5)8-10)9-14-11(16)13(3,4)17/h10,17H,6-9H2,1-5H3,(H,14,16). The highest BCUT2D eigenvalue weighted by molar-refractivity contribution is 5.83. The number of aliphatic hydroxyl groups is 1. The van der Waals surface area contributed by atoms with Crippen molar-refractivity contribution >= 4 is 5.91 Å². The Balaban J connectivity index is 2.47. The van der Waals surface area contributed by atoms with Gasteiger partial charge in [0.15, 0.2) is 0 Å². The molecule has 0 spiro atoms. The lowest BCUT2D eigenvalue weighted by molar-refractivity contribution is -0.137.